The van der Waals surface area contributed by atoms with E-state index in [2.05, 4.69) is 57.6 Å². The predicted octanol–water partition coefficient (Wildman–Crippen LogP) is 2.04. The number of nitrogens with one attached hydrogen (secondary N) is 2. The number of hydrogen-bond donors (Lipinski definition) is 2. The summed E-state index contributed by atoms with van der Waals surface area (Å²) in [5.41, 5.74) is 5.25. The number of rotatable bonds is 6. The molecule has 0 aliphatic carbocycles. The minimum atomic E-state index is -0.698. The van der Waals surface area contributed by atoms with E-state index in [1.165, 1.54) is 23.9 Å². The molecular weight excluding hydrogens is 430 g/mol. The first-order valence-electron chi connectivity index (χ1n) is 11.9. The molecule has 0 spiro atoms. The molecule has 182 valence electrons. The third-order valence-corrected chi connectivity index (χ3v) is 6.86. The number of likely N-dealkylation sites (N-methyl/N-ethyl adjacent to an activating group) is 2. The van der Waals surface area contributed by atoms with E-state index in [-0.39, 0.29) is 6.04 Å². The van der Waals surface area contributed by atoms with Gasteiger partial charge in [0.15, 0.2) is 0 Å². The van der Waals surface area contributed by atoms with E-state index in [9.17, 15) is 9.59 Å². The molecule has 1 saturated heterocycles. The molecule has 1 atom stereocenters. The number of methoxy groups -OCH3 is 1. The van der Waals surface area contributed by atoms with Gasteiger partial charge < -0.3 is 25.2 Å². The van der Waals surface area contributed by atoms with Crippen LogP contribution in [0.2, 0.25) is 0 Å². The Hall–Kier alpha value is -3.10. The molecule has 2 aliphatic rings. The number of benzene rings is 2. The van der Waals surface area contributed by atoms with Crippen LogP contribution >= 0.6 is 0 Å². The van der Waals surface area contributed by atoms with Crippen LogP contribution in [0.25, 0.3) is 0 Å². The largest absolute Gasteiger partial charge is 0.495 e. The van der Waals surface area contributed by atoms with Crippen LogP contribution in [0.15, 0.2) is 36.4 Å². The Morgan fingerprint density at radius 2 is 1.76 bits per heavy atom. The maximum atomic E-state index is 12.7. The van der Waals surface area contributed by atoms with Crippen LogP contribution in [0.4, 0.5) is 11.4 Å². The first kappa shape index (κ1) is 24.0. The van der Waals surface area contributed by atoms with E-state index in [1.54, 1.807) is 12.1 Å². The summed E-state index contributed by atoms with van der Waals surface area (Å²) in [5.74, 6) is -0.828. The number of amides is 2. The van der Waals surface area contributed by atoms with Crippen molar-refractivity contribution in [3.8, 4) is 5.75 Å². The Morgan fingerprint density at radius 1 is 1.00 bits per heavy atom. The molecule has 0 saturated carbocycles. The van der Waals surface area contributed by atoms with Gasteiger partial charge in [-0.05, 0) is 55.3 Å². The maximum Gasteiger partial charge on any atom is 0.313 e. The Bertz CT molecular complexity index is 1050. The van der Waals surface area contributed by atoms with Crippen LogP contribution in [0.5, 0.6) is 5.75 Å². The second-order valence-corrected chi connectivity index (χ2v) is 9.28. The molecule has 2 amide bonds. The van der Waals surface area contributed by atoms with E-state index >= 15 is 0 Å². The Morgan fingerprint density at radius 3 is 2.50 bits per heavy atom. The van der Waals surface area contributed by atoms with Gasteiger partial charge in [-0.15, -0.1) is 0 Å². The highest BCUT2D eigenvalue weighted by molar-refractivity contribution is 6.39. The van der Waals surface area contributed by atoms with Gasteiger partial charge in [0.1, 0.15) is 5.75 Å². The van der Waals surface area contributed by atoms with Crippen molar-refractivity contribution in [1.82, 2.24) is 15.1 Å². The summed E-state index contributed by atoms with van der Waals surface area (Å²) < 4.78 is 5.31. The summed E-state index contributed by atoms with van der Waals surface area (Å²) >= 11 is 0. The normalized spacial score (nSPS) is 17.2. The number of ether oxygens (including phenoxy) is 1. The summed E-state index contributed by atoms with van der Waals surface area (Å²) in [6.45, 7) is 7.11. The van der Waals surface area contributed by atoms with Crippen molar-refractivity contribution in [3.63, 3.8) is 0 Å². The Balaban J connectivity index is 1.47. The summed E-state index contributed by atoms with van der Waals surface area (Å²) in [4.78, 5) is 32.4. The first-order valence-corrected chi connectivity index (χ1v) is 11.9. The molecule has 4 rings (SSSR count). The highest BCUT2D eigenvalue weighted by Gasteiger charge is 2.27. The minimum absolute atomic E-state index is 0.00941. The molecule has 2 heterocycles. The van der Waals surface area contributed by atoms with Crippen molar-refractivity contribution in [2.75, 3.05) is 70.7 Å². The van der Waals surface area contributed by atoms with Gasteiger partial charge in [0.25, 0.3) is 0 Å². The molecule has 0 radical (unpaired) electrons. The molecule has 34 heavy (non-hydrogen) atoms. The van der Waals surface area contributed by atoms with Crippen molar-refractivity contribution in [2.45, 2.75) is 19.4 Å². The lowest BCUT2D eigenvalue weighted by Crippen LogP contribution is -2.49. The average Bonchev–Trinajstić information content (AvgIpc) is 3.20. The van der Waals surface area contributed by atoms with Crippen LogP contribution in [0, 0.1) is 6.92 Å². The average molecular weight is 466 g/mol. The third kappa shape index (κ3) is 5.34. The SMILES string of the molecule is COc1ccc(C)cc1NC(=O)C(=O)NC[C@H](c1ccc2c(c1)CCN2C)N1CCN(C)CC1. The summed E-state index contributed by atoms with van der Waals surface area (Å²) in [6.07, 6.45) is 1.03. The van der Waals surface area contributed by atoms with Crippen molar-refractivity contribution >= 4 is 23.2 Å². The quantitative estimate of drug-likeness (QED) is 0.636. The number of aryl methyl sites for hydroxylation is 1. The fourth-order valence-corrected chi connectivity index (χ4v) is 4.75. The van der Waals surface area contributed by atoms with E-state index in [0.717, 1.165) is 44.7 Å². The minimum Gasteiger partial charge on any atom is -0.495 e. The molecule has 0 bridgehead atoms. The standard InChI is InChI=1S/C26H35N5O3/c1-18-5-8-24(34-4)21(15-18)28-26(33)25(32)27-17-23(31-13-11-29(2)12-14-31)19-6-7-22-20(16-19)9-10-30(22)3/h5-8,15-16,23H,9-14,17H2,1-4H3,(H,27,32)(H,28,33)/t23-/m1/s1. The highest BCUT2D eigenvalue weighted by Crippen LogP contribution is 2.31. The van der Waals surface area contributed by atoms with Gasteiger partial charge in [-0.1, -0.05) is 18.2 Å². The van der Waals surface area contributed by atoms with E-state index in [1.807, 2.05) is 13.0 Å². The van der Waals surface area contributed by atoms with Gasteiger partial charge in [0.05, 0.1) is 18.8 Å². The summed E-state index contributed by atoms with van der Waals surface area (Å²) in [5, 5.41) is 5.57. The van der Waals surface area contributed by atoms with Crippen LogP contribution in [0.1, 0.15) is 22.7 Å². The van der Waals surface area contributed by atoms with Gasteiger partial charge in [-0.2, -0.15) is 0 Å². The van der Waals surface area contributed by atoms with Crippen LogP contribution < -0.4 is 20.3 Å². The lowest BCUT2D eigenvalue weighted by atomic mass is 10.00. The third-order valence-electron chi connectivity index (χ3n) is 6.86. The number of hydrogen-bond acceptors (Lipinski definition) is 6. The molecule has 8 nitrogen and oxygen atoms in total. The lowest BCUT2D eigenvalue weighted by Gasteiger charge is -2.38. The predicted molar refractivity (Wildman–Crippen MR) is 135 cm³/mol. The number of nitrogens with zero attached hydrogens (tertiary/aromatic N) is 3. The molecule has 8 heteroatoms. The second kappa shape index (κ2) is 10.4. The molecule has 2 aromatic rings. The molecule has 2 aromatic carbocycles. The highest BCUT2D eigenvalue weighted by atomic mass is 16.5. The molecule has 0 unspecified atom stereocenters. The van der Waals surface area contributed by atoms with Gasteiger partial charge in [0.2, 0.25) is 0 Å². The van der Waals surface area contributed by atoms with E-state index < -0.39 is 11.8 Å². The topological polar surface area (TPSA) is 77.1 Å². The molecule has 1 fully saturated rings. The molecule has 0 aromatic heterocycles. The van der Waals surface area contributed by atoms with Gasteiger partial charge >= 0.3 is 11.8 Å². The summed E-state index contributed by atoms with van der Waals surface area (Å²) in [6, 6.07) is 12.1. The van der Waals surface area contributed by atoms with Gasteiger partial charge in [-0.25, -0.2) is 0 Å². The molecule has 2 N–H and O–H groups in total. The zero-order chi connectivity index (χ0) is 24.2. The van der Waals surface area contributed by atoms with Crippen LogP contribution in [0.3, 0.4) is 0 Å². The van der Waals surface area contributed by atoms with Gasteiger partial charge in [0, 0.05) is 52.0 Å². The second-order valence-electron chi connectivity index (χ2n) is 9.28. The number of anilines is 2. The van der Waals surface area contributed by atoms with Crippen molar-refractivity contribution in [3.05, 3.63) is 53.1 Å². The Kier molecular flexibility index (Phi) is 7.38. The van der Waals surface area contributed by atoms with Crippen LogP contribution in [-0.2, 0) is 16.0 Å². The van der Waals surface area contributed by atoms with Crippen molar-refractivity contribution < 1.29 is 14.3 Å². The number of carbonyl (C=O) groups excluding carboxylic acids is 2. The Labute approximate surface area is 201 Å². The van der Waals surface area contributed by atoms with E-state index in [4.69, 9.17) is 4.74 Å². The van der Waals surface area contributed by atoms with Crippen LogP contribution in [-0.4, -0.2) is 82.1 Å². The fourth-order valence-electron chi connectivity index (χ4n) is 4.75. The number of carbonyl (C=O) groups is 2. The van der Waals surface area contributed by atoms with Crippen molar-refractivity contribution in [2.24, 2.45) is 0 Å². The number of piperazine rings is 1. The lowest BCUT2D eigenvalue weighted by molar-refractivity contribution is -0.136. The number of fused-ring (bicyclic) bond motifs is 1. The zero-order valence-corrected chi connectivity index (χ0v) is 20.6. The monoisotopic (exact) mass is 465 g/mol. The molecule has 2 aliphatic heterocycles. The summed E-state index contributed by atoms with van der Waals surface area (Å²) in [7, 11) is 5.78. The van der Waals surface area contributed by atoms with Crippen molar-refractivity contribution in [1.29, 1.82) is 0 Å². The van der Waals surface area contributed by atoms with E-state index in [0.29, 0.717) is 18.0 Å². The zero-order valence-electron chi connectivity index (χ0n) is 20.6. The fraction of sp³-hybridized carbons (Fsp3) is 0.462. The smallest absolute Gasteiger partial charge is 0.313 e. The molecular formula is C26H35N5O3. The maximum absolute atomic E-state index is 12.7. The first-order chi connectivity index (χ1) is 16.4. The van der Waals surface area contributed by atoms with Gasteiger partial charge in [-0.3, -0.25) is 14.5 Å².